The maximum absolute atomic E-state index is 13.3. The Morgan fingerprint density at radius 1 is 1.17 bits per heavy atom. The van der Waals surface area contributed by atoms with Crippen LogP contribution in [0.4, 0.5) is 5.69 Å². The third-order valence-corrected chi connectivity index (χ3v) is 6.50. The summed E-state index contributed by atoms with van der Waals surface area (Å²) in [7, 11) is 0. The van der Waals surface area contributed by atoms with Gasteiger partial charge in [-0.15, -0.1) is 0 Å². The van der Waals surface area contributed by atoms with Gasteiger partial charge in [-0.3, -0.25) is 9.59 Å². The number of hydrogen-bond donors (Lipinski definition) is 0. The number of aryl methyl sites for hydroxylation is 2. The highest BCUT2D eigenvalue weighted by atomic mass is 16.5. The van der Waals surface area contributed by atoms with Gasteiger partial charge in [0, 0.05) is 31.1 Å². The summed E-state index contributed by atoms with van der Waals surface area (Å²) in [5.41, 5.74) is 3.21. The molecule has 1 aromatic carbocycles. The van der Waals surface area contributed by atoms with Crippen LogP contribution >= 0.6 is 0 Å². The second kappa shape index (κ2) is 6.97. The van der Waals surface area contributed by atoms with E-state index in [1.807, 2.05) is 30.0 Å². The molecule has 0 radical (unpaired) electrons. The Kier molecular flexibility index (Phi) is 4.41. The van der Waals surface area contributed by atoms with E-state index in [1.165, 1.54) is 5.56 Å². The molecule has 1 aliphatic carbocycles. The molecule has 2 amide bonds. The highest BCUT2D eigenvalue weighted by Crippen LogP contribution is 2.40. The first-order valence-corrected chi connectivity index (χ1v) is 10.5. The van der Waals surface area contributed by atoms with E-state index in [9.17, 15) is 9.59 Å². The van der Waals surface area contributed by atoms with Crippen molar-refractivity contribution in [1.29, 1.82) is 0 Å². The number of benzene rings is 1. The fraction of sp³-hybridized carbons (Fsp3) is 0.545. The molecule has 1 saturated carbocycles. The monoisotopic (exact) mass is 394 g/mol. The summed E-state index contributed by atoms with van der Waals surface area (Å²) in [5, 5.41) is 4.11. The van der Waals surface area contributed by atoms with E-state index in [2.05, 4.69) is 17.1 Å². The van der Waals surface area contributed by atoms with Crippen molar-refractivity contribution in [3.8, 4) is 0 Å². The highest BCUT2D eigenvalue weighted by Gasteiger charge is 2.42. The average molecular weight is 394 g/mol. The lowest BCUT2D eigenvalue weighted by Crippen LogP contribution is -2.37. The molecule has 3 heterocycles. The molecule has 29 heavy (non-hydrogen) atoms. The van der Waals surface area contributed by atoms with E-state index in [4.69, 9.17) is 4.52 Å². The summed E-state index contributed by atoms with van der Waals surface area (Å²) in [4.78, 5) is 34.1. The highest BCUT2D eigenvalue weighted by molar-refractivity contribution is 6.00. The summed E-state index contributed by atoms with van der Waals surface area (Å²) < 4.78 is 5.50. The van der Waals surface area contributed by atoms with Gasteiger partial charge in [-0.2, -0.15) is 4.98 Å². The molecule has 5 rings (SSSR count). The van der Waals surface area contributed by atoms with Crippen molar-refractivity contribution in [3.05, 3.63) is 41.0 Å². The van der Waals surface area contributed by atoms with Gasteiger partial charge in [0.15, 0.2) is 5.82 Å². The van der Waals surface area contributed by atoms with Gasteiger partial charge in [-0.05, 0) is 62.8 Å². The van der Waals surface area contributed by atoms with Crippen LogP contribution in [-0.4, -0.2) is 39.9 Å². The lowest BCUT2D eigenvalue weighted by atomic mass is 10.1. The zero-order chi connectivity index (χ0) is 20.1. The molecule has 7 heteroatoms. The number of aromatic nitrogens is 2. The largest absolute Gasteiger partial charge is 0.337 e. The molecule has 7 nitrogen and oxygen atoms in total. The van der Waals surface area contributed by atoms with Gasteiger partial charge < -0.3 is 14.3 Å². The normalized spacial score (nSPS) is 24.6. The average Bonchev–Trinajstić information content (AvgIpc) is 3.10. The van der Waals surface area contributed by atoms with Crippen LogP contribution in [0.2, 0.25) is 0 Å². The second-order valence-corrected chi connectivity index (χ2v) is 8.63. The van der Waals surface area contributed by atoms with Gasteiger partial charge in [0.1, 0.15) is 6.04 Å². The van der Waals surface area contributed by atoms with Crippen LogP contribution in [-0.2, 0) is 9.59 Å². The third-order valence-electron chi connectivity index (χ3n) is 6.50. The van der Waals surface area contributed by atoms with Gasteiger partial charge >= 0.3 is 0 Å². The quantitative estimate of drug-likeness (QED) is 0.795. The molecule has 152 valence electrons. The van der Waals surface area contributed by atoms with Gasteiger partial charge in [0.2, 0.25) is 17.7 Å². The van der Waals surface area contributed by atoms with E-state index in [0.29, 0.717) is 24.9 Å². The zero-order valence-electron chi connectivity index (χ0n) is 16.9. The number of carbonyl (C=O) groups excluding carboxylic acids is 2. The number of anilines is 1. The van der Waals surface area contributed by atoms with Crippen molar-refractivity contribution in [2.75, 3.05) is 18.0 Å². The SMILES string of the molecule is Cc1ccc(N2CC(C(=O)N3CCCC3c3nc(C4CC4)no3)CC2=O)cc1C. The Labute approximate surface area is 170 Å². The summed E-state index contributed by atoms with van der Waals surface area (Å²) in [6, 6.07) is 5.85. The summed E-state index contributed by atoms with van der Waals surface area (Å²) >= 11 is 0. The number of rotatable bonds is 4. The Balaban J connectivity index is 1.31. The van der Waals surface area contributed by atoms with Crippen LogP contribution in [0.5, 0.6) is 0 Å². The number of amides is 2. The van der Waals surface area contributed by atoms with Crippen molar-refractivity contribution < 1.29 is 14.1 Å². The van der Waals surface area contributed by atoms with Gasteiger partial charge in [-0.25, -0.2) is 0 Å². The Morgan fingerprint density at radius 2 is 2.00 bits per heavy atom. The van der Waals surface area contributed by atoms with Crippen LogP contribution in [0.25, 0.3) is 0 Å². The minimum atomic E-state index is -0.324. The van der Waals surface area contributed by atoms with Crippen LogP contribution in [0.15, 0.2) is 22.7 Å². The van der Waals surface area contributed by atoms with Crippen LogP contribution in [0, 0.1) is 19.8 Å². The van der Waals surface area contributed by atoms with E-state index in [-0.39, 0.29) is 30.2 Å². The van der Waals surface area contributed by atoms with Crippen molar-refractivity contribution >= 4 is 17.5 Å². The fourth-order valence-corrected chi connectivity index (χ4v) is 4.43. The van der Waals surface area contributed by atoms with Crippen molar-refractivity contribution in [2.24, 2.45) is 5.92 Å². The first-order chi connectivity index (χ1) is 14.0. The molecule has 2 unspecified atom stereocenters. The number of carbonyl (C=O) groups is 2. The molecule has 3 aliphatic rings. The van der Waals surface area contributed by atoms with Crippen LogP contribution in [0.3, 0.4) is 0 Å². The van der Waals surface area contributed by atoms with Crippen LogP contribution < -0.4 is 4.90 Å². The molecule has 2 saturated heterocycles. The van der Waals surface area contributed by atoms with Crippen LogP contribution in [0.1, 0.15) is 66.9 Å². The fourth-order valence-electron chi connectivity index (χ4n) is 4.43. The van der Waals surface area contributed by atoms with Crippen molar-refractivity contribution in [3.63, 3.8) is 0 Å². The van der Waals surface area contributed by atoms with Gasteiger partial charge in [0.05, 0.1) is 5.92 Å². The number of hydrogen-bond acceptors (Lipinski definition) is 5. The molecule has 2 aliphatic heterocycles. The molecule has 0 spiro atoms. The third kappa shape index (κ3) is 3.32. The van der Waals surface area contributed by atoms with Gasteiger partial charge in [-0.1, -0.05) is 11.2 Å². The predicted octanol–water partition coefficient (Wildman–Crippen LogP) is 3.28. The molecule has 2 aromatic rings. The van der Waals surface area contributed by atoms with Crippen molar-refractivity contribution in [1.82, 2.24) is 15.0 Å². The first kappa shape index (κ1) is 18.3. The molecular weight excluding hydrogens is 368 g/mol. The molecule has 2 atom stereocenters. The smallest absolute Gasteiger partial charge is 0.249 e. The maximum Gasteiger partial charge on any atom is 0.249 e. The lowest BCUT2D eigenvalue weighted by Gasteiger charge is -2.25. The number of likely N-dealkylation sites (tertiary alicyclic amines) is 1. The number of nitrogens with zero attached hydrogens (tertiary/aromatic N) is 4. The summed E-state index contributed by atoms with van der Waals surface area (Å²) in [5.74, 6) is 1.46. The molecule has 0 N–H and O–H groups in total. The maximum atomic E-state index is 13.3. The zero-order valence-corrected chi connectivity index (χ0v) is 16.9. The Bertz CT molecular complexity index is 965. The van der Waals surface area contributed by atoms with E-state index in [0.717, 1.165) is 42.8 Å². The molecular formula is C22H26N4O3. The van der Waals surface area contributed by atoms with Crippen molar-refractivity contribution in [2.45, 2.75) is 57.9 Å². The predicted molar refractivity (Wildman–Crippen MR) is 106 cm³/mol. The lowest BCUT2D eigenvalue weighted by molar-refractivity contribution is -0.137. The standard InChI is InChI=1S/C22H26N4O3/c1-13-5-8-17(10-14(13)2)26-12-16(11-19(26)27)22(28)25-9-3-4-18(25)21-23-20(24-29-21)15-6-7-15/h5,8,10,15-16,18H,3-4,6-7,9,11-12H2,1-2H3. The Hall–Kier alpha value is -2.70. The van der Waals surface area contributed by atoms with E-state index in [1.54, 1.807) is 4.90 Å². The first-order valence-electron chi connectivity index (χ1n) is 10.5. The van der Waals surface area contributed by atoms with Gasteiger partial charge in [0.25, 0.3) is 0 Å². The van der Waals surface area contributed by atoms with E-state index < -0.39 is 0 Å². The topological polar surface area (TPSA) is 79.5 Å². The minimum Gasteiger partial charge on any atom is -0.337 e. The Morgan fingerprint density at radius 3 is 2.76 bits per heavy atom. The second-order valence-electron chi connectivity index (χ2n) is 8.63. The summed E-state index contributed by atoms with van der Waals surface area (Å²) in [6.07, 6.45) is 4.24. The minimum absolute atomic E-state index is 0.0103. The summed E-state index contributed by atoms with van der Waals surface area (Å²) in [6.45, 7) is 5.20. The molecule has 1 aromatic heterocycles. The van der Waals surface area contributed by atoms with E-state index >= 15 is 0 Å². The molecule has 0 bridgehead atoms. The molecule has 3 fully saturated rings.